The van der Waals surface area contributed by atoms with Crippen molar-refractivity contribution in [2.24, 2.45) is 10.7 Å². The van der Waals surface area contributed by atoms with Crippen LogP contribution in [-0.4, -0.2) is 17.6 Å². The van der Waals surface area contributed by atoms with E-state index in [9.17, 15) is 13.6 Å². The van der Waals surface area contributed by atoms with Crippen LogP contribution < -0.4 is 25.5 Å². The van der Waals surface area contributed by atoms with E-state index in [0.29, 0.717) is 5.69 Å². The minimum Gasteiger partial charge on any atom is -0.494 e. The number of aromatic nitrogens is 2. The molecule has 37 heavy (non-hydrogen) atoms. The van der Waals surface area contributed by atoms with E-state index in [1.807, 2.05) is 18.2 Å². The number of nitrogens with two attached hydrogens (primary N) is 1. The average molecular weight is 507 g/mol. The summed E-state index contributed by atoms with van der Waals surface area (Å²) in [4.78, 5) is 19.9. The Morgan fingerprint density at radius 2 is 1.68 bits per heavy atom. The lowest BCUT2D eigenvalue weighted by Crippen LogP contribution is -2.52. The number of guanidine groups is 1. The lowest BCUT2D eigenvalue weighted by atomic mass is 10.0. The second-order valence-corrected chi connectivity index (χ2v) is 8.48. The monoisotopic (exact) mass is 506 g/mol. The van der Waals surface area contributed by atoms with Gasteiger partial charge in [-0.3, -0.25) is 4.90 Å². The van der Waals surface area contributed by atoms with Gasteiger partial charge in [-0.15, -0.1) is 0 Å². The molecule has 1 aromatic heterocycles. The third-order valence-electron chi connectivity index (χ3n) is 6.38. The van der Waals surface area contributed by atoms with Gasteiger partial charge in [0.2, 0.25) is 0 Å². The summed E-state index contributed by atoms with van der Waals surface area (Å²) in [5, 5.41) is 0. The van der Waals surface area contributed by atoms with Crippen LogP contribution in [0.25, 0.3) is 11.1 Å². The van der Waals surface area contributed by atoms with E-state index in [2.05, 4.69) is 4.99 Å². The summed E-state index contributed by atoms with van der Waals surface area (Å²) < 4.78 is 52.6. The Kier molecular flexibility index (Phi) is 6.16. The smallest absolute Gasteiger partial charge is 0.407 e. The first kappa shape index (κ1) is 24.1. The molecule has 2 N–H and O–H groups in total. The molecule has 3 aromatic carbocycles. The standard InChI is InChI=1S/C27H22F3N5O2/c1-16-23(18-10-6-13-22(37-2)24(18)30)25(36)35-15-34(17-8-4-3-5-9-17)26(31)32-27(35)33(16)14-19-20(28)11-7-12-21(19)29/h3-13,31H,14-15H2,1-2H3/p+1. The molecule has 10 heteroatoms. The van der Waals surface area contributed by atoms with Gasteiger partial charge in [-0.05, 0) is 42.2 Å². The molecule has 1 aliphatic heterocycles. The van der Waals surface area contributed by atoms with Crippen LogP contribution in [0.2, 0.25) is 0 Å². The summed E-state index contributed by atoms with van der Waals surface area (Å²) >= 11 is 0. The van der Waals surface area contributed by atoms with Gasteiger partial charge >= 0.3 is 11.5 Å². The average Bonchev–Trinajstić information content (AvgIpc) is 2.89. The molecule has 0 saturated heterocycles. The van der Waals surface area contributed by atoms with Crippen LogP contribution in [0.5, 0.6) is 5.75 Å². The molecule has 0 radical (unpaired) electrons. The number of rotatable bonds is 5. The number of hydrogen-bond donors (Lipinski definition) is 1. The fourth-order valence-electron chi connectivity index (χ4n) is 4.46. The molecule has 0 unspecified atom stereocenters. The molecule has 2 heterocycles. The van der Waals surface area contributed by atoms with Gasteiger partial charge in [-0.1, -0.05) is 36.4 Å². The predicted octanol–water partition coefficient (Wildman–Crippen LogP) is 4.01. The van der Waals surface area contributed by atoms with Crippen LogP contribution in [0.1, 0.15) is 11.3 Å². The summed E-state index contributed by atoms with van der Waals surface area (Å²) in [6, 6.07) is 17.1. The van der Waals surface area contributed by atoms with Crippen LogP contribution >= 0.6 is 0 Å². The van der Waals surface area contributed by atoms with E-state index in [4.69, 9.17) is 10.5 Å². The Bertz CT molecular complexity index is 1580. The largest absolute Gasteiger partial charge is 0.494 e. The minimum atomic E-state index is -0.760. The van der Waals surface area contributed by atoms with Crippen LogP contribution in [0.3, 0.4) is 0 Å². The third kappa shape index (κ3) is 4.10. The predicted molar refractivity (Wildman–Crippen MR) is 133 cm³/mol. The summed E-state index contributed by atoms with van der Waals surface area (Å²) in [6.07, 6.45) is 0. The zero-order chi connectivity index (χ0) is 26.3. The Balaban J connectivity index is 1.80. The summed E-state index contributed by atoms with van der Waals surface area (Å²) in [7, 11) is 1.32. The Labute approximate surface area is 210 Å². The maximum Gasteiger partial charge on any atom is 0.407 e. The van der Waals surface area contributed by atoms with Gasteiger partial charge in [-0.2, -0.15) is 4.57 Å². The molecule has 4 aromatic rings. The number of methoxy groups -OCH3 is 1. The molecule has 188 valence electrons. The van der Waals surface area contributed by atoms with Gasteiger partial charge in [-0.25, -0.2) is 22.5 Å². The van der Waals surface area contributed by atoms with Crippen LogP contribution in [0, 0.1) is 24.4 Å². The van der Waals surface area contributed by atoms with E-state index in [0.717, 1.165) is 12.1 Å². The van der Waals surface area contributed by atoms with Crippen molar-refractivity contribution in [3.63, 3.8) is 0 Å². The zero-order valence-corrected chi connectivity index (χ0v) is 20.1. The van der Waals surface area contributed by atoms with Gasteiger partial charge in [0.15, 0.2) is 18.2 Å². The number of fused-ring (bicyclic) bond motifs is 1. The quantitative estimate of drug-likeness (QED) is 0.415. The van der Waals surface area contributed by atoms with Gasteiger partial charge in [0, 0.05) is 11.3 Å². The summed E-state index contributed by atoms with van der Waals surface area (Å²) in [6.45, 7) is 1.22. The van der Waals surface area contributed by atoms with Gasteiger partial charge < -0.3 is 10.5 Å². The van der Waals surface area contributed by atoms with Crippen LogP contribution in [0.15, 0.2) is 76.5 Å². The van der Waals surface area contributed by atoms with Crippen molar-refractivity contribution in [2.45, 2.75) is 20.1 Å². The van der Waals surface area contributed by atoms with Crippen molar-refractivity contribution in [3.8, 4) is 16.9 Å². The van der Waals surface area contributed by atoms with Crippen molar-refractivity contribution in [1.29, 1.82) is 0 Å². The second-order valence-electron chi connectivity index (χ2n) is 8.48. The third-order valence-corrected chi connectivity index (χ3v) is 6.38. The Morgan fingerprint density at radius 3 is 2.35 bits per heavy atom. The lowest BCUT2D eigenvalue weighted by molar-refractivity contribution is -0.685. The molecule has 1 aliphatic rings. The second kappa shape index (κ2) is 9.45. The van der Waals surface area contributed by atoms with Crippen molar-refractivity contribution in [3.05, 3.63) is 106 Å². The number of para-hydroxylation sites is 1. The van der Waals surface area contributed by atoms with Crippen molar-refractivity contribution in [2.75, 3.05) is 12.0 Å². The molecule has 0 saturated carbocycles. The number of anilines is 1. The molecular weight excluding hydrogens is 483 g/mol. The number of ether oxygens (including phenoxy) is 1. The molecule has 0 bridgehead atoms. The number of halogens is 3. The summed E-state index contributed by atoms with van der Waals surface area (Å²) in [5.74, 6) is -2.11. The maximum atomic E-state index is 15.4. The zero-order valence-electron chi connectivity index (χ0n) is 20.1. The van der Waals surface area contributed by atoms with Crippen molar-refractivity contribution < 1.29 is 22.5 Å². The van der Waals surface area contributed by atoms with E-state index in [1.54, 1.807) is 30.0 Å². The molecule has 0 aliphatic carbocycles. The molecule has 0 fully saturated rings. The fourth-order valence-corrected chi connectivity index (χ4v) is 4.46. The number of aliphatic imine (C=N–C) groups is 1. The first-order chi connectivity index (χ1) is 17.8. The SMILES string of the molecule is COc1cccc(-c2c(C)[n+](Cc3c(F)cccc3F)c3n(c2=O)CN(c2ccccc2)C(N)=N3)c1F. The number of nitrogens with zero attached hydrogens (tertiary/aromatic N) is 4. The number of benzene rings is 3. The normalized spacial score (nSPS) is 12.8. The first-order valence-corrected chi connectivity index (χ1v) is 11.4. The molecule has 0 amide bonds. The molecule has 0 spiro atoms. The molecule has 7 nitrogen and oxygen atoms in total. The first-order valence-electron chi connectivity index (χ1n) is 11.4. The van der Waals surface area contributed by atoms with Gasteiger partial charge in [0.1, 0.15) is 23.7 Å². The minimum absolute atomic E-state index is 0.00584. The van der Waals surface area contributed by atoms with Gasteiger partial charge in [0.25, 0.3) is 5.96 Å². The Morgan fingerprint density at radius 1 is 1.00 bits per heavy atom. The van der Waals surface area contributed by atoms with Crippen molar-refractivity contribution in [1.82, 2.24) is 4.57 Å². The van der Waals surface area contributed by atoms with Gasteiger partial charge in [0.05, 0.1) is 18.4 Å². The highest BCUT2D eigenvalue weighted by Crippen LogP contribution is 2.30. The highest BCUT2D eigenvalue weighted by Gasteiger charge is 2.35. The maximum absolute atomic E-state index is 15.4. The van der Waals surface area contributed by atoms with E-state index < -0.39 is 23.0 Å². The fraction of sp³-hybridized carbons (Fsp3) is 0.148. The molecule has 5 rings (SSSR count). The highest BCUT2D eigenvalue weighted by molar-refractivity contribution is 5.96. The Hall–Kier alpha value is -4.60. The molecular formula is C27H23F3N5O2+. The van der Waals surface area contributed by atoms with Crippen LogP contribution in [0.4, 0.5) is 24.8 Å². The van der Waals surface area contributed by atoms with E-state index in [1.165, 1.54) is 34.4 Å². The topological polar surface area (TPSA) is 76.7 Å². The van der Waals surface area contributed by atoms with E-state index >= 15 is 4.39 Å². The highest BCUT2D eigenvalue weighted by atomic mass is 19.1. The summed E-state index contributed by atoms with van der Waals surface area (Å²) in [5.41, 5.74) is 6.47. The number of hydrogen-bond acceptors (Lipinski definition) is 5. The molecule has 0 atom stereocenters. The van der Waals surface area contributed by atoms with Crippen LogP contribution in [-0.2, 0) is 13.2 Å². The van der Waals surface area contributed by atoms with E-state index in [-0.39, 0.29) is 53.3 Å². The lowest BCUT2D eigenvalue weighted by Gasteiger charge is -2.26. The van der Waals surface area contributed by atoms with Crippen molar-refractivity contribution >= 4 is 17.6 Å².